The molecule has 5 rings (SSSR count). The summed E-state index contributed by atoms with van der Waals surface area (Å²) in [5, 5.41) is 4.29. The molecule has 0 amide bonds. The number of carbonyl (C=O) groups excluding carboxylic acids is 1. The molecule has 2 aromatic heterocycles. The van der Waals surface area contributed by atoms with Crippen molar-refractivity contribution in [3.63, 3.8) is 0 Å². The van der Waals surface area contributed by atoms with Crippen LogP contribution in [0.15, 0.2) is 45.9 Å². The van der Waals surface area contributed by atoms with Crippen molar-refractivity contribution < 1.29 is 13.9 Å². The largest absolute Gasteiger partial charge is 0.462 e. The van der Waals surface area contributed by atoms with Gasteiger partial charge >= 0.3 is 5.97 Å². The maximum atomic E-state index is 11.8. The first-order valence-electron chi connectivity index (χ1n) is 12.1. The lowest BCUT2D eigenvalue weighted by Crippen LogP contribution is -2.25. The van der Waals surface area contributed by atoms with E-state index in [-0.39, 0.29) is 5.97 Å². The monoisotopic (exact) mass is 475 g/mol. The van der Waals surface area contributed by atoms with Crippen molar-refractivity contribution in [2.75, 3.05) is 48.0 Å². The molecule has 0 unspecified atom stereocenters. The molecule has 0 atom stereocenters. The summed E-state index contributed by atoms with van der Waals surface area (Å²) >= 11 is 0. The summed E-state index contributed by atoms with van der Waals surface area (Å²) in [5.74, 6) is 2.73. The van der Waals surface area contributed by atoms with Gasteiger partial charge in [0.05, 0.1) is 18.4 Å². The molecule has 3 aromatic rings. The second-order valence-corrected chi connectivity index (χ2v) is 8.52. The van der Waals surface area contributed by atoms with Crippen LogP contribution in [0.25, 0.3) is 11.3 Å². The Morgan fingerprint density at radius 3 is 2.20 bits per heavy atom. The molecule has 0 saturated carbocycles. The Hall–Kier alpha value is -3.95. The average molecular weight is 476 g/mol. The van der Waals surface area contributed by atoms with Crippen molar-refractivity contribution in [2.24, 2.45) is 5.10 Å². The molecule has 10 heteroatoms. The topological polar surface area (TPSA) is 109 Å². The molecule has 2 aliphatic rings. The van der Waals surface area contributed by atoms with Gasteiger partial charge in [-0.1, -0.05) is 12.1 Å². The van der Waals surface area contributed by atoms with Crippen LogP contribution in [-0.2, 0) is 4.74 Å². The van der Waals surface area contributed by atoms with E-state index in [9.17, 15) is 4.79 Å². The molecule has 1 aromatic carbocycles. The van der Waals surface area contributed by atoms with Crippen molar-refractivity contribution in [3.05, 3.63) is 47.7 Å². The highest BCUT2D eigenvalue weighted by Gasteiger charge is 2.21. The SMILES string of the molecule is CCOC(=O)c1ccc(-c2ccc(/C=N\Nc3nc(N4CCCC4)nc(N4CCCC4)n3)o2)cc1. The van der Waals surface area contributed by atoms with Crippen molar-refractivity contribution in [2.45, 2.75) is 32.6 Å². The quantitative estimate of drug-likeness (QED) is 0.294. The Bertz CT molecular complexity index is 1150. The van der Waals surface area contributed by atoms with Crippen molar-refractivity contribution in [3.8, 4) is 11.3 Å². The molecule has 0 aliphatic carbocycles. The van der Waals surface area contributed by atoms with E-state index in [1.165, 1.54) is 0 Å². The van der Waals surface area contributed by atoms with Gasteiger partial charge in [-0.25, -0.2) is 10.2 Å². The summed E-state index contributed by atoms with van der Waals surface area (Å²) in [6, 6.07) is 10.8. The second kappa shape index (κ2) is 10.5. The molecular weight excluding hydrogens is 446 g/mol. The summed E-state index contributed by atoms with van der Waals surface area (Å²) in [5.41, 5.74) is 4.31. The zero-order chi connectivity index (χ0) is 24.0. The van der Waals surface area contributed by atoms with Crippen LogP contribution in [0.1, 0.15) is 48.7 Å². The van der Waals surface area contributed by atoms with E-state index in [0.717, 1.165) is 57.4 Å². The zero-order valence-electron chi connectivity index (χ0n) is 19.8. The number of nitrogens with one attached hydrogen (secondary N) is 1. The number of anilines is 3. The first-order valence-corrected chi connectivity index (χ1v) is 12.1. The molecule has 4 heterocycles. The van der Waals surface area contributed by atoms with Gasteiger partial charge in [0.2, 0.25) is 17.8 Å². The number of carbonyl (C=O) groups is 1. The van der Waals surface area contributed by atoms with Crippen LogP contribution >= 0.6 is 0 Å². The number of hydrogen-bond donors (Lipinski definition) is 1. The summed E-state index contributed by atoms with van der Waals surface area (Å²) < 4.78 is 10.9. The van der Waals surface area contributed by atoms with Crippen molar-refractivity contribution in [1.82, 2.24) is 15.0 Å². The first kappa shape index (κ1) is 22.8. The summed E-state index contributed by atoms with van der Waals surface area (Å²) in [4.78, 5) is 30.1. The van der Waals surface area contributed by atoms with Gasteiger partial charge in [0.25, 0.3) is 0 Å². The van der Waals surface area contributed by atoms with Gasteiger partial charge in [-0.2, -0.15) is 20.1 Å². The molecule has 1 N–H and O–H groups in total. The van der Waals surface area contributed by atoms with Gasteiger partial charge in [0.15, 0.2) is 0 Å². The second-order valence-electron chi connectivity index (χ2n) is 8.52. The number of hydrazone groups is 1. The average Bonchev–Trinajstić information content (AvgIpc) is 3.67. The highest BCUT2D eigenvalue weighted by molar-refractivity contribution is 5.90. The van der Waals surface area contributed by atoms with E-state index in [1.54, 1.807) is 25.3 Å². The van der Waals surface area contributed by atoms with Gasteiger partial charge in [0.1, 0.15) is 11.5 Å². The first-order chi connectivity index (χ1) is 17.2. The molecule has 182 valence electrons. The van der Waals surface area contributed by atoms with E-state index >= 15 is 0 Å². The van der Waals surface area contributed by atoms with Crippen molar-refractivity contribution in [1.29, 1.82) is 0 Å². The number of aromatic nitrogens is 3. The standard InChI is InChI=1S/C25H29N7O3/c1-2-34-22(33)19-9-7-18(8-10-19)21-12-11-20(35-21)17-26-30-23-27-24(31-13-3-4-14-31)29-25(28-23)32-15-5-6-16-32/h7-12,17H,2-6,13-16H2,1H3,(H,27,28,29,30)/b26-17-. The van der Waals surface area contributed by atoms with Gasteiger partial charge < -0.3 is 19.0 Å². The molecule has 35 heavy (non-hydrogen) atoms. The Labute approximate surface area is 204 Å². The zero-order valence-corrected chi connectivity index (χ0v) is 19.8. The maximum absolute atomic E-state index is 11.8. The van der Waals surface area contributed by atoms with Crippen LogP contribution in [0.4, 0.5) is 17.8 Å². The highest BCUT2D eigenvalue weighted by atomic mass is 16.5. The normalized spacial score (nSPS) is 15.8. The van der Waals surface area contributed by atoms with Crippen LogP contribution < -0.4 is 15.2 Å². The summed E-state index contributed by atoms with van der Waals surface area (Å²) in [7, 11) is 0. The number of nitrogens with zero attached hydrogens (tertiary/aromatic N) is 6. The number of furan rings is 1. The molecule has 10 nitrogen and oxygen atoms in total. The minimum Gasteiger partial charge on any atom is -0.462 e. The molecular formula is C25H29N7O3. The molecule has 2 aliphatic heterocycles. The van der Waals surface area contributed by atoms with E-state index in [0.29, 0.717) is 41.5 Å². The highest BCUT2D eigenvalue weighted by Crippen LogP contribution is 2.24. The number of rotatable bonds is 8. The van der Waals surface area contributed by atoms with E-state index in [1.807, 2.05) is 24.3 Å². The minimum atomic E-state index is -0.337. The Morgan fingerprint density at radius 2 is 1.60 bits per heavy atom. The lowest BCUT2D eigenvalue weighted by molar-refractivity contribution is 0.0526. The fourth-order valence-electron chi connectivity index (χ4n) is 4.24. The fourth-order valence-corrected chi connectivity index (χ4v) is 4.24. The minimum absolute atomic E-state index is 0.337. The number of ether oxygens (including phenoxy) is 1. The van der Waals surface area contributed by atoms with E-state index in [4.69, 9.17) is 14.1 Å². The van der Waals surface area contributed by atoms with Gasteiger partial charge in [-0.15, -0.1) is 0 Å². The molecule has 2 saturated heterocycles. The molecule has 0 bridgehead atoms. The number of esters is 1. The van der Waals surface area contributed by atoms with Crippen LogP contribution in [-0.4, -0.2) is 59.9 Å². The maximum Gasteiger partial charge on any atom is 0.338 e. The number of hydrogen-bond acceptors (Lipinski definition) is 10. The predicted octanol–water partition coefficient (Wildman–Crippen LogP) is 3.95. The van der Waals surface area contributed by atoms with Crippen molar-refractivity contribution >= 4 is 30.0 Å². The third-order valence-corrected chi connectivity index (χ3v) is 6.05. The third-order valence-electron chi connectivity index (χ3n) is 6.05. The molecule has 2 fully saturated rings. The molecule has 0 spiro atoms. The summed E-state index contributed by atoms with van der Waals surface area (Å²) in [6.07, 6.45) is 6.19. The lowest BCUT2D eigenvalue weighted by Gasteiger charge is -2.20. The Morgan fingerprint density at radius 1 is 0.971 bits per heavy atom. The van der Waals surface area contributed by atoms with Crippen LogP contribution in [0, 0.1) is 0 Å². The smallest absolute Gasteiger partial charge is 0.338 e. The van der Waals surface area contributed by atoms with E-state index < -0.39 is 0 Å². The van der Waals surface area contributed by atoms with Gasteiger partial charge in [-0.3, -0.25) is 0 Å². The van der Waals surface area contributed by atoms with Crippen LogP contribution in [0.2, 0.25) is 0 Å². The Balaban J connectivity index is 1.27. The molecule has 0 radical (unpaired) electrons. The van der Waals surface area contributed by atoms with Crippen LogP contribution in [0.3, 0.4) is 0 Å². The lowest BCUT2D eigenvalue weighted by atomic mass is 10.1. The Kier molecular flexibility index (Phi) is 6.87. The fraction of sp³-hybridized carbons (Fsp3) is 0.400. The predicted molar refractivity (Wildman–Crippen MR) is 134 cm³/mol. The van der Waals surface area contributed by atoms with Gasteiger partial charge in [-0.05, 0) is 56.9 Å². The van der Waals surface area contributed by atoms with E-state index in [2.05, 4.69) is 30.3 Å². The number of benzene rings is 1. The third kappa shape index (κ3) is 5.42. The summed E-state index contributed by atoms with van der Waals surface area (Å²) in [6.45, 7) is 5.97. The van der Waals surface area contributed by atoms with Crippen LogP contribution in [0.5, 0.6) is 0 Å². The van der Waals surface area contributed by atoms with Gasteiger partial charge in [0, 0.05) is 31.7 Å².